The number of hydrogen-bond acceptors (Lipinski definition) is 5. The monoisotopic (exact) mass is 470 g/mol. The van der Waals surface area contributed by atoms with E-state index >= 15 is 0 Å². The molecule has 7 nitrogen and oxygen atoms in total. The van der Waals surface area contributed by atoms with E-state index in [2.05, 4.69) is 28.1 Å². The van der Waals surface area contributed by atoms with Crippen LogP contribution < -0.4 is 5.56 Å². The van der Waals surface area contributed by atoms with Crippen LogP contribution >= 0.6 is 0 Å². The molecule has 2 fully saturated rings. The van der Waals surface area contributed by atoms with Crippen molar-refractivity contribution in [3.8, 4) is 11.1 Å². The molecular weight excluding hydrogens is 440 g/mol. The summed E-state index contributed by atoms with van der Waals surface area (Å²) in [5.41, 5.74) is 4.77. The van der Waals surface area contributed by atoms with Crippen LogP contribution in [0.3, 0.4) is 0 Å². The van der Waals surface area contributed by atoms with Gasteiger partial charge in [0.2, 0.25) is 0 Å². The first-order chi connectivity index (χ1) is 17.2. The molecule has 0 N–H and O–H groups in total. The Morgan fingerprint density at radius 3 is 2.57 bits per heavy atom. The van der Waals surface area contributed by atoms with Gasteiger partial charge in [-0.25, -0.2) is 0 Å². The zero-order chi connectivity index (χ0) is 23.8. The number of ether oxygens (including phenoxy) is 1. The predicted molar refractivity (Wildman–Crippen MR) is 133 cm³/mol. The number of carbonyl (C=O) groups is 1. The van der Waals surface area contributed by atoms with Gasteiger partial charge in [0.25, 0.3) is 11.5 Å². The van der Waals surface area contributed by atoms with Crippen molar-refractivity contribution in [2.75, 3.05) is 39.4 Å². The number of aromatic nitrogens is 2. The Morgan fingerprint density at radius 1 is 0.943 bits per heavy atom. The molecule has 1 amide bonds. The van der Waals surface area contributed by atoms with Crippen LogP contribution in [0.25, 0.3) is 11.1 Å². The van der Waals surface area contributed by atoms with Crippen LogP contribution in [0.15, 0.2) is 65.7 Å². The van der Waals surface area contributed by atoms with Gasteiger partial charge in [-0.05, 0) is 47.7 Å². The molecule has 0 unspecified atom stereocenters. The van der Waals surface area contributed by atoms with E-state index in [1.54, 1.807) is 24.5 Å². The molecule has 2 bridgehead atoms. The van der Waals surface area contributed by atoms with E-state index in [0.29, 0.717) is 25.2 Å². The lowest BCUT2D eigenvalue weighted by molar-refractivity contribution is 0.0342. The highest BCUT2D eigenvalue weighted by molar-refractivity contribution is 5.94. The van der Waals surface area contributed by atoms with Crippen molar-refractivity contribution in [1.82, 2.24) is 19.4 Å². The van der Waals surface area contributed by atoms with Crippen molar-refractivity contribution in [2.24, 2.45) is 5.92 Å². The molecule has 0 aliphatic carbocycles. The minimum Gasteiger partial charge on any atom is -0.379 e. The Bertz CT molecular complexity index is 1280. The van der Waals surface area contributed by atoms with Gasteiger partial charge in [-0.1, -0.05) is 24.3 Å². The van der Waals surface area contributed by atoms with Crippen molar-refractivity contribution in [1.29, 1.82) is 0 Å². The molecule has 3 aliphatic heterocycles. The number of nitrogens with zero attached hydrogens (tertiary/aromatic N) is 4. The fraction of sp³-hybridized carbons (Fsp3) is 0.393. The SMILES string of the molecule is O=C(c1ccncc1)N1C[C@@H]2C[C@H](C1)c1ccc(-c3ccccc3CN3CCOCC3)c(=O)n1C2. The van der Waals surface area contributed by atoms with Crippen molar-refractivity contribution in [3.63, 3.8) is 0 Å². The number of piperidine rings is 1. The Hall–Kier alpha value is -3.29. The van der Waals surface area contributed by atoms with Crippen LogP contribution in [0.5, 0.6) is 0 Å². The van der Waals surface area contributed by atoms with Gasteiger partial charge in [0.15, 0.2) is 0 Å². The fourth-order valence-electron chi connectivity index (χ4n) is 5.91. The molecular formula is C28H30N4O3. The molecule has 35 heavy (non-hydrogen) atoms. The Morgan fingerprint density at radius 2 is 1.74 bits per heavy atom. The molecule has 2 aromatic heterocycles. The summed E-state index contributed by atoms with van der Waals surface area (Å²) in [5.74, 6) is 0.508. The smallest absolute Gasteiger partial charge is 0.258 e. The third-order valence-electron chi connectivity index (χ3n) is 7.62. The molecule has 0 saturated carbocycles. The van der Waals surface area contributed by atoms with E-state index in [0.717, 1.165) is 56.1 Å². The van der Waals surface area contributed by atoms with Gasteiger partial charge >= 0.3 is 0 Å². The summed E-state index contributed by atoms with van der Waals surface area (Å²) in [4.78, 5) is 35.2. The quantitative estimate of drug-likeness (QED) is 0.587. The largest absolute Gasteiger partial charge is 0.379 e. The molecule has 5 heterocycles. The maximum atomic E-state index is 13.8. The van der Waals surface area contributed by atoms with Crippen LogP contribution in [0.4, 0.5) is 0 Å². The van der Waals surface area contributed by atoms with Gasteiger partial charge in [0.1, 0.15) is 0 Å². The molecule has 1 aromatic carbocycles. The molecule has 3 aliphatic rings. The Labute approximate surface area is 205 Å². The molecule has 7 heteroatoms. The first-order valence-electron chi connectivity index (χ1n) is 12.5. The van der Waals surface area contributed by atoms with Crippen molar-refractivity contribution in [3.05, 3.63) is 88.1 Å². The van der Waals surface area contributed by atoms with Gasteiger partial charge in [-0.3, -0.25) is 19.5 Å². The van der Waals surface area contributed by atoms with Gasteiger partial charge in [0, 0.05) is 74.4 Å². The van der Waals surface area contributed by atoms with Crippen molar-refractivity contribution < 1.29 is 9.53 Å². The molecule has 6 rings (SSSR count). The van der Waals surface area contributed by atoms with Gasteiger partial charge in [-0.15, -0.1) is 0 Å². The summed E-state index contributed by atoms with van der Waals surface area (Å²) in [6, 6.07) is 15.9. The lowest BCUT2D eigenvalue weighted by Crippen LogP contribution is -2.49. The number of amides is 1. The summed E-state index contributed by atoms with van der Waals surface area (Å²) in [7, 11) is 0. The average molecular weight is 471 g/mol. The third kappa shape index (κ3) is 4.30. The second-order valence-corrected chi connectivity index (χ2v) is 9.88. The van der Waals surface area contributed by atoms with E-state index in [4.69, 9.17) is 4.74 Å². The number of likely N-dealkylation sites (tertiary alicyclic amines) is 1. The van der Waals surface area contributed by atoms with Crippen LogP contribution in [0.2, 0.25) is 0 Å². The standard InChI is InChI=1S/C28H30N4O3/c33-27(21-7-9-29-10-8-21)31-16-20-15-23(19-31)26-6-5-25(28(34)32(26)17-20)24-4-2-1-3-22(24)18-30-11-13-35-14-12-30/h1-10,20,23H,11-19H2/t20-,23+/m0/s1. The second-order valence-electron chi connectivity index (χ2n) is 9.88. The molecule has 0 spiro atoms. The zero-order valence-corrected chi connectivity index (χ0v) is 19.8. The minimum atomic E-state index is 0.0477. The Balaban J connectivity index is 1.29. The first-order valence-corrected chi connectivity index (χ1v) is 12.5. The molecule has 3 aromatic rings. The van der Waals surface area contributed by atoms with E-state index in [9.17, 15) is 9.59 Å². The topological polar surface area (TPSA) is 67.7 Å². The molecule has 180 valence electrons. The highest BCUT2D eigenvalue weighted by atomic mass is 16.5. The summed E-state index contributed by atoms with van der Waals surface area (Å²) >= 11 is 0. The van der Waals surface area contributed by atoms with Crippen LogP contribution in [0.1, 0.15) is 34.0 Å². The number of benzene rings is 1. The van der Waals surface area contributed by atoms with Gasteiger partial charge in [-0.2, -0.15) is 0 Å². The van der Waals surface area contributed by atoms with E-state index in [1.165, 1.54) is 5.56 Å². The summed E-state index contributed by atoms with van der Waals surface area (Å²) in [6.07, 6.45) is 4.34. The number of pyridine rings is 2. The maximum Gasteiger partial charge on any atom is 0.258 e. The highest BCUT2D eigenvalue weighted by Gasteiger charge is 2.37. The number of rotatable bonds is 4. The van der Waals surface area contributed by atoms with Crippen LogP contribution in [-0.4, -0.2) is 64.7 Å². The van der Waals surface area contributed by atoms with Crippen LogP contribution in [0, 0.1) is 5.92 Å². The van der Waals surface area contributed by atoms with Crippen LogP contribution in [-0.2, 0) is 17.8 Å². The molecule has 2 saturated heterocycles. The van der Waals surface area contributed by atoms with Gasteiger partial charge < -0.3 is 14.2 Å². The Kier molecular flexibility index (Phi) is 5.96. The number of hydrogen-bond donors (Lipinski definition) is 0. The highest BCUT2D eigenvalue weighted by Crippen LogP contribution is 2.36. The van der Waals surface area contributed by atoms with E-state index in [-0.39, 0.29) is 23.3 Å². The van der Waals surface area contributed by atoms with Crippen molar-refractivity contribution >= 4 is 5.91 Å². The molecule has 2 atom stereocenters. The first kappa shape index (κ1) is 22.2. The number of morpholine rings is 1. The predicted octanol–water partition coefficient (Wildman–Crippen LogP) is 3.00. The molecule has 0 radical (unpaired) electrons. The van der Waals surface area contributed by atoms with E-state index < -0.39 is 0 Å². The fourth-order valence-corrected chi connectivity index (χ4v) is 5.91. The van der Waals surface area contributed by atoms with Crippen molar-refractivity contribution in [2.45, 2.75) is 25.4 Å². The van der Waals surface area contributed by atoms with Gasteiger partial charge in [0.05, 0.1) is 13.2 Å². The summed E-state index contributed by atoms with van der Waals surface area (Å²) in [6.45, 7) is 6.14. The lowest BCUT2D eigenvalue weighted by atomic mass is 9.82. The average Bonchev–Trinajstić information content (AvgIpc) is 2.90. The normalized spacial score (nSPS) is 22.0. The summed E-state index contributed by atoms with van der Waals surface area (Å²) in [5, 5.41) is 0. The maximum absolute atomic E-state index is 13.8. The lowest BCUT2D eigenvalue weighted by Gasteiger charge is -2.43. The third-order valence-corrected chi connectivity index (χ3v) is 7.62. The number of fused-ring (bicyclic) bond motifs is 4. The second kappa shape index (κ2) is 9.40. The summed E-state index contributed by atoms with van der Waals surface area (Å²) < 4.78 is 7.48. The zero-order valence-electron chi connectivity index (χ0n) is 19.8. The minimum absolute atomic E-state index is 0.0477. The number of carbonyl (C=O) groups excluding carboxylic acids is 1. The van der Waals surface area contributed by atoms with E-state index in [1.807, 2.05) is 27.7 Å².